The second-order valence-corrected chi connectivity index (χ2v) is 5.14. The number of hydrogen-bond donors (Lipinski definition) is 1. The van der Waals surface area contributed by atoms with Gasteiger partial charge in [-0.05, 0) is 31.0 Å². The van der Waals surface area contributed by atoms with Gasteiger partial charge in [-0.1, -0.05) is 19.0 Å². The SMILES string of the molecule is CC(C)C1(c2nc(-c3ccco3)no2)CCNC1. The molecule has 0 saturated carbocycles. The number of nitrogens with zero attached hydrogens (tertiary/aromatic N) is 2. The molecular formula is C13H17N3O2. The van der Waals surface area contributed by atoms with Crippen molar-refractivity contribution in [3.8, 4) is 11.6 Å². The van der Waals surface area contributed by atoms with E-state index in [2.05, 4.69) is 29.3 Å². The van der Waals surface area contributed by atoms with Gasteiger partial charge in [-0.15, -0.1) is 0 Å². The van der Waals surface area contributed by atoms with Gasteiger partial charge in [0.1, 0.15) is 0 Å². The highest BCUT2D eigenvalue weighted by Gasteiger charge is 2.43. The maximum absolute atomic E-state index is 5.48. The molecule has 96 valence electrons. The second-order valence-electron chi connectivity index (χ2n) is 5.14. The van der Waals surface area contributed by atoms with Crippen molar-refractivity contribution in [3.05, 3.63) is 24.3 Å². The van der Waals surface area contributed by atoms with E-state index in [-0.39, 0.29) is 5.41 Å². The second kappa shape index (κ2) is 4.24. The molecule has 18 heavy (non-hydrogen) atoms. The first-order valence-electron chi connectivity index (χ1n) is 6.31. The maximum Gasteiger partial charge on any atom is 0.238 e. The van der Waals surface area contributed by atoms with Gasteiger partial charge >= 0.3 is 0 Å². The van der Waals surface area contributed by atoms with Gasteiger partial charge in [0, 0.05) is 6.54 Å². The van der Waals surface area contributed by atoms with Crippen molar-refractivity contribution in [3.63, 3.8) is 0 Å². The molecule has 5 heteroatoms. The summed E-state index contributed by atoms with van der Waals surface area (Å²) < 4.78 is 10.8. The quantitative estimate of drug-likeness (QED) is 0.901. The Morgan fingerprint density at radius 1 is 1.44 bits per heavy atom. The maximum atomic E-state index is 5.48. The molecule has 0 aliphatic carbocycles. The van der Waals surface area contributed by atoms with Crippen LogP contribution in [0.3, 0.4) is 0 Å². The lowest BCUT2D eigenvalue weighted by Gasteiger charge is -2.27. The Bertz CT molecular complexity index is 510. The van der Waals surface area contributed by atoms with E-state index in [9.17, 15) is 0 Å². The highest BCUT2D eigenvalue weighted by molar-refractivity contribution is 5.45. The summed E-state index contributed by atoms with van der Waals surface area (Å²) in [5.74, 6) is 2.35. The Morgan fingerprint density at radius 2 is 2.33 bits per heavy atom. The molecule has 2 aromatic rings. The van der Waals surface area contributed by atoms with Gasteiger partial charge in [0.15, 0.2) is 5.76 Å². The van der Waals surface area contributed by atoms with Crippen LogP contribution in [0.1, 0.15) is 26.2 Å². The first-order valence-corrected chi connectivity index (χ1v) is 6.31. The van der Waals surface area contributed by atoms with Crippen LogP contribution >= 0.6 is 0 Å². The fourth-order valence-corrected chi connectivity index (χ4v) is 2.57. The van der Waals surface area contributed by atoms with E-state index in [1.54, 1.807) is 6.26 Å². The zero-order valence-electron chi connectivity index (χ0n) is 10.6. The molecular weight excluding hydrogens is 230 g/mol. The molecule has 1 aliphatic rings. The summed E-state index contributed by atoms with van der Waals surface area (Å²) in [6, 6.07) is 3.66. The van der Waals surface area contributed by atoms with Crippen LogP contribution in [0.25, 0.3) is 11.6 Å². The van der Waals surface area contributed by atoms with E-state index in [1.165, 1.54) is 0 Å². The summed E-state index contributed by atoms with van der Waals surface area (Å²) in [5.41, 5.74) is -0.0438. The Balaban J connectivity index is 1.97. The van der Waals surface area contributed by atoms with Crippen LogP contribution in [-0.4, -0.2) is 23.2 Å². The first-order chi connectivity index (χ1) is 8.72. The molecule has 1 fully saturated rings. The third kappa shape index (κ3) is 1.66. The smallest absolute Gasteiger partial charge is 0.238 e. The predicted octanol–water partition coefficient (Wildman–Crippen LogP) is 2.22. The van der Waals surface area contributed by atoms with Crippen molar-refractivity contribution in [1.29, 1.82) is 0 Å². The van der Waals surface area contributed by atoms with Crippen molar-refractivity contribution in [2.24, 2.45) is 5.92 Å². The molecule has 0 amide bonds. The zero-order valence-corrected chi connectivity index (χ0v) is 10.6. The van der Waals surface area contributed by atoms with E-state index >= 15 is 0 Å². The van der Waals surface area contributed by atoms with Crippen molar-refractivity contribution >= 4 is 0 Å². The van der Waals surface area contributed by atoms with E-state index < -0.39 is 0 Å². The van der Waals surface area contributed by atoms with Crippen molar-refractivity contribution < 1.29 is 8.94 Å². The third-order valence-electron chi connectivity index (χ3n) is 3.89. The summed E-state index contributed by atoms with van der Waals surface area (Å²) >= 11 is 0. The van der Waals surface area contributed by atoms with Crippen LogP contribution in [0.2, 0.25) is 0 Å². The molecule has 0 aromatic carbocycles. The van der Waals surface area contributed by atoms with Crippen molar-refractivity contribution in [1.82, 2.24) is 15.5 Å². The van der Waals surface area contributed by atoms with Gasteiger partial charge in [-0.25, -0.2) is 0 Å². The standard InChI is InChI=1S/C13H17N3O2/c1-9(2)13(5-6-14-8-13)12-15-11(16-18-12)10-4-3-7-17-10/h3-4,7,9,14H,5-6,8H2,1-2H3. The van der Waals surface area contributed by atoms with Crippen LogP contribution in [0.15, 0.2) is 27.3 Å². The Morgan fingerprint density at radius 3 is 2.94 bits per heavy atom. The molecule has 5 nitrogen and oxygen atoms in total. The van der Waals surface area contributed by atoms with E-state index in [1.807, 2.05) is 12.1 Å². The topological polar surface area (TPSA) is 64.1 Å². The highest BCUT2D eigenvalue weighted by Crippen LogP contribution is 2.37. The molecule has 1 aliphatic heterocycles. The lowest BCUT2D eigenvalue weighted by molar-refractivity contribution is 0.234. The highest BCUT2D eigenvalue weighted by atomic mass is 16.5. The number of furan rings is 1. The molecule has 1 atom stereocenters. The van der Waals surface area contributed by atoms with Crippen LogP contribution < -0.4 is 5.32 Å². The van der Waals surface area contributed by atoms with Gasteiger partial charge in [-0.2, -0.15) is 4.98 Å². The Kier molecular flexibility index (Phi) is 2.70. The minimum absolute atomic E-state index is 0.0438. The van der Waals surface area contributed by atoms with Crippen LogP contribution in [0, 0.1) is 5.92 Å². The van der Waals surface area contributed by atoms with Gasteiger partial charge in [0.2, 0.25) is 11.7 Å². The zero-order chi connectivity index (χ0) is 12.6. The molecule has 3 heterocycles. The minimum Gasteiger partial charge on any atom is -0.461 e. The van der Waals surface area contributed by atoms with E-state index in [4.69, 9.17) is 8.94 Å². The largest absolute Gasteiger partial charge is 0.461 e. The summed E-state index contributed by atoms with van der Waals surface area (Å²) in [7, 11) is 0. The molecule has 0 radical (unpaired) electrons. The summed E-state index contributed by atoms with van der Waals surface area (Å²) in [5, 5.41) is 7.41. The molecule has 0 spiro atoms. The van der Waals surface area contributed by atoms with Gasteiger partial charge in [0.25, 0.3) is 0 Å². The van der Waals surface area contributed by atoms with Gasteiger partial charge in [0.05, 0.1) is 11.7 Å². The third-order valence-corrected chi connectivity index (χ3v) is 3.89. The molecule has 2 aromatic heterocycles. The fourth-order valence-electron chi connectivity index (χ4n) is 2.57. The normalized spacial score (nSPS) is 23.9. The first kappa shape index (κ1) is 11.5. The van der Waals surface area contributed by atoms with Crippen LogP contribution in [0.5, 0.6) is 0 Å². The van der Waals surface area contributed by atoms with Crippen LogP contribution in [0.4, 0.5) is 0 Å². The lowest BCUT2D eigenvalue weighted by Crippen LogP contribution is -2.35. The number of hydrogen-bond acceptors (Lipinski definition) is 5. The Labute approximate surface area is 106 Å². The summed E-state index contributed by atoms with van der Waals surface area (Å²) in [6.07, 6.45) is 2.64. The number of nitrogens with one attached hydrogen (secondary N) is 1. The summed E-state index contributed by atoms with van der Waals surface area (Å²) in [6.45, 7) is 6.29. The van der Waals surface area contributed by atoms with Crippen molar-refractivity contribution in [2.45, 2.75) is 25.7 Å². The van der Waals surface area contributed by atoms with Crippen molar-refractivity contribution in [2.75, 3.05) is 13.1 Å². The van der Waals surface area contributed by atoms with E-state index in [0.717, 1.165) is 19.5 Å². The molecule has 1 unspecified atom stereocenters. The number of rotatable bonds is 3. The molecule has 1 N–H and O–H groups in total. The predicted molar refractivity (Wildman–Crippen MR) is 66.0 cm³/mol. The average Bonchev–Trinajstić information content (AvgIpc) is 3.11. The Hall–Kier alpha value is -1.62. The van der Waals surface area contributed by atoms with Gasteiger partial charge in [-0.3, -0.25) is 0 Å². The number of aromatic nitrogens is 2. The van der Waals surface area contributed by atoms with Gasteiger partial charge < -0.3 is 14.3 Å². The molecule has 3 rings (SSSR count). The fraction of sp³-hybridized carbons (Fsp3) is 0.538. The molecule has 0 bridgehead atoms. The van der Waals surface area contributed by atoms with Crippen LogP contribution in [-0.2, 0) is 5.41 Å². The minimum atomic E-state index is -0.0438. The van der Waals surface area contributed by atoms with E-state index in [0.29, 0.717) is 23.4 Å². The molecule has 1 saturated heterocycles. The summed E-state index contributed by atoms with van der Waals surface area (Å²) in [4.78, 5) is 4.52. The lowest BCUT2D eigenvalue weighted by atomic mass is 9.76. The monoisotopic (exact) mass is 247 g/mol. The average molecular weight is 247 g/mol.